The minimum Gasteiger partial charge on any atom is -0.486 e. The average Bonchev–Trinajstić information content (AvgIpc) is 2.73. The molecule has 2 heterocycles. The Bertz CT molecular complexity index is 399. The molecule has 0 spiro atoms. The van der Waals surface area contributed by atoms with Gasteiger partial charge in [-0.05, 0) is 38.1 Å². The molecule has 3 rings (SSSR count). The predicted octanol–water partition coefficient (Wildman–Crippen LogP) is 3.09. The number of fused-ring (bicyclic) bond motifs is 1. The number of ether oxygens (including phenoxy) is 2. The van der Waals surface area contributed by atoms with Crippen LogP contribution in [0, 0.1) is 0 Å². The van der Waals surface area contributed by atoms with Crippen molar-refractivity contribution < 1.29 is 9.47 Å². The summed E-state index contributed by atoms with van der Waals surface area (Å²) in [6, 6.07) is 7.95. The van der Waals surface area contributed by atoms with E-state index in [4.69, 9.17) is 9.47 Å². The molecule has 1 fully saturated rings. The molecule has 0 radical (unpaired) electrons. The number of likely N-dealkylation sites (tertiary alicyclic amines) is 1. The van der Waals surface area contributed by atoms with E-state index in [1.54, 1.807) is 0 Å². The van der Waals surface area contributed by atoms with Crippen LogP contribution in [0.5, 0.6) is 11.5 Å². The summed E-state index contributed by atoms with van der Waals surface area (Å²) in [6.45, 7) is 4.33. The van der Waals surface area contributed by atoms with Crippen LogP contribution in [-0.4, -0.2) is 37.2 Å². The lowest BCUT2D eigenvalue weighted by molar-refractivity contribution is 0.0754. The molecule has 104 valence electrons. The van der Waals surface area contributed by atoms with E-state index in [1.165, 1.54) is 38.8 Å². The normalized spacial score (nSPS) is 23.9. The fourth-order valence-electron chi connectivity index (χ4n) is 2.89. The van der Waals surface area contributed by atoms with Gasteiger partial charge in [-0.25, -0.2) is 0 Å². The molecule has 3 heteroatoms. The third kappa shape index (κ3) is 3.41. The van der Waals surface area contributed by atoms with Crippen molar-refractivity contribution in [1.82, 2.24) is 4.90 Å². The lowest BCUT2D eigenvalue weighted by Crippen LogP contribution is -2.34. The molecule has 1 aromatic carbocycles. The van der Waals surface area contributed by atoms with Crippen molar-refractivity contribution in [2.45, 2.75) is 38.2 Å². The van der Waals surface area contributed by atoms with E-state index in [0.717, 1.165) is 24.5 Å². The highest BCUT2D eigenvalue weighted by Gasteiger charge is 2.21. The zero-order valence-electron chi connectivity index (χ0n) is 11.5. The van der Waals surface area contributed by atoms with Crippen LogP contribution >= 0.6 is 0 Å². The van der Waals surface area contributed by atoms with Crippen LogP contribution in [-0.2, 0) is 0 Å². The lowest BCUT2D eigenvalue weighted by Gasteiger charge is -2.28. The van der Waals surface area contributed by atoms with Gasteiger partial charge in [-0.3, -0.25) is 0 Å². The number of hydrogen-bond acceptors (Lipinski definition) is 3. The highest BCUT2D eigenvalue weighted by atomic mass is 16.6. The van der Waals surface area contributed by atoms with Gasteiger partial charge in [0.25, 0.3) is 0 Å². The zero-order valence-corrected chi connectivity index (χ0v) is 11.5. The van der Waals surface area contributed by atoms with Gasteiger partial charge in [0.05, 0.1) is 0 Å². The molecule has 1 aromatic rings. The second-order valence-electron chi connectivity index (χ2n) is 5.54. The SMILES string of the molecule is c1ccc2c(c1)OCC(CCN1CCCCCC1)O2. The van der Waals surface area contributed by atoms with E-state index >= 15 is 0 Å². The van der Waals surface area contributed by atoms with E-state index in [1.807, 2.05) is 24.3 Å². The first-order chi connectivity index (χ1) is 9.42. The predicted molar refractivity (Wildman–Crippen MR) is 75.9 cm³/mol. The largest absolute Gasteiger partial charge is 0.486 e. The first-order valence-electron chi connectivity index (χ1n) is 7.53. The lowest BCUT2D eigenvalue weighted by atomic mass is 10.2. The van der Waals surface area contributed by atoms with Crippen molar-refractivity contribution in [3.8, 4) is 11.5 Å². The molecule has 0 amide bonds. The third-order valence-corrected chi connectivity index (χ3v) is 4.03. The van der Waals surface area contributed by atoms with Gasteiger partial charge in [0.2, 0.25) is 0 Å². The molecule has 2 aliphatic heterocycles. The smallest absolute Gasteiger partial charge is 0.161 e. The summed E-state index contributed by atoms with van der Waals surface area (Å²) < 4.78 is 11.8. The Kier molecular flexibility index (Phi) is 4.23. The van der Waals surface area contributed by atoms with Gasteiger partial charge < -0.3 is 14.4 Å². The first kappa shape index (κ1) is 12.8. The highest BCUT2D eigenvalue weighted by molar-refractivity contribution is 5.40. The first-order valence-corrected chi connectivity index (χ1v) is 7.53. The topological polar surface area (TPSA) is 21.7 Å². The molecule has 2 aliphatic rings. The van der Waals surface area contributed by atoms with Crippen molar-refractivity contribution in [1.29, 1.82) is 0 Å². The van der Waals surface area contributed by atoms with Crippen LogP contribution < -0.4 is 9.47 Å². The van der Waals surface area contributed by atoms with Crippen molar-refractivity contribution in [3.05, 3.63) is 24.3 Å². The molecular weight excluding hydrogens is 238 g/mol. The van der Waals surface area contributed by atoms with Gasteiger partial charge in [0.15, 0.2) is 11.5 Å². The summed E-state index contributed by atoms with van der Waals surface area (Å²) in [5, 5.41) is 0. The maximum Gasteiger partial charge on any atom is 0.161 e. The van der Waals surface area contributed by atoms with E-state index in [2.05, 4.69) is 4.90 Å². The maximum absolute atomic E-state index is 6.00. The van der Waals surface area contributed by atoms with Crippen molar-refractivity contribution >= 4 is 0 Å². The van der Waals surface area contributed by atoms with Gasteiger partial charge in [-0.2, -0.15) is 0 Å². The Balaban J connectivity index is 1.49. The highest BCUT2D eigenvalue weighted by Crippen LogP contribution is 2.31. The molecule has 1 atom stereocenters. The fourth-order valence-corrected chi connectivity index (χ4v) is 2.89. The molecule has 3 nitrogen and oxygen atoms in total. The number of para-hydroxylation sites is 2. The number of benzene rings is 1. The number of hydrogen-bond donors (Lipinski definition) is 0. The minimum absolute atomic E-state index is 0.207. The zero-order chi connectivity index (χ0) is 12.9. The standard InChI is InChI=1S/C16H23NO2/c1-2-6-11-17(10-5-1)12-9-14-13-18-15-7-3-4-8-16(15)19-14/h3-4,7-8,14H,1-2,5-6,9-13H2. The molecular formula is C16H23NO2. The van der Waals surface area contributed by atoms with Gasteiger partial charge in [0, 0.05) is 13.0 Å². The summed E-state index contributed by atoms with van der Waals surface area (Å²) in [6.07, 6.45) is 6.77. The molecule has 0 N–H and O–H groups in total. The molecule has 0 bridgehead atoms. The van der Waals surface area contributed by atoms with E-state index < -0.39 is 0 Å². The van der Waals surface area contributed by atoms with Gasteiger partial charge in [-0.1, -0.05) is 25.0 Å². The molecule has 1 saturated heterocycles. The third-order valence-electron chi connectivity index (χ3n) is 4.03. The maximum atomic E-state index is 6.00. The Morgan fingerprint density at radius 1 is 1.00 bits per heavy atom. The Labute approximate surface area is 115 Å². The number of nitrogens with zero attached hydrogens (tertiary/aromatic N) is 1. The summed E-state index contributed by atoms with van der Waals surface area (Å²) in [5.74, 6) is 1.78. The quantitative estimate of drug-likeness (QED) is 0.834. The van der Waals surface area contributed by atoms with Gasteiger partial charge >= 0.3 is 0 Å². The fraction of sp³-hybridized carbons (Fsp3) is 0.625. The van der Waals surface area contributed by atoms with Crippen molar-refractivity contribution in [2.24, 2.45) is 0 Å². The summed E-state index contributed by atoms with van der Waals surface area (Å²) in [5.41, 5.74) is 0. The summed E-state index contributed by atoms with van der Waals surface area (Å²) in [4.78, 5) is 2.58. The average molecular weight is 261 g/mol. The van der Waals surface area contributed by atoms with Crippen LogP contribution in [0.3, 0.4) is 0 Å². The van der Waals surface area contributed by atoms with Gasteiger partial charge in [-0.15, -0.1) is 0 Å². The van der Waals surface area contributed by atoms with E-state index in [-0.39, 0.29) is 6.10 Å². The van der Waals surface area contributed by atoms with Crippen LogP contribution in [0.2, 0.25) is 0 Å². The van der Waals surface area contributed by atoms with Crippen LogP contribution in [0.1, 0.15) is 32.1 Å². The monoisotopic (exact) mass is 261 g/mol. The second-order valence-corrected chi connectivity index (χ2v) is 5.54. The second kappa shape index (κ2) is 6.29. The molecule has 19 heavy (non-hydrogen) atoms. The Morgan fingerprint density at radius 2 is 1.74 bits per heavy atom. The van der Waals surface area contributed by atoms with E-state index in [9.17, 15) is 0 Å². The molecule has 0 saturated carbocycles. The van der Waals surface area contributed by atoms with Crippen LogP contribution in [0.4, 0.5) is 0 Å². The summed E-state index contributed by atoms with van der Waals surface area (Å²) >= 11 is 0. The number of rotatable bonds is 3. The molecule has 0 aromatic heterocycles. The van der Waals surface area contributed by atoms with Crippen molar-refractivity contribution in [3.63, 3.8) is 0 Å². The van der Waals surface area contributed by atoms with Gasteiger partial charge in [0.1, 0.15) is 12.7 Å². The molecule has 0 aliphatic carbocycles. The summed E-state index contributed by atoms with van der Waals surface area (Å²) in [7, 11) is 0. The Morgan fingerprint density at radius 3 is 2.53 bits per heavy atom. The van der Waals surface area contributed by atoms with Crippen LogP contribution in [0.15, 0.2) is 24.3 Å². The Hall–Kier alpha value is -1.22. The van der Waals surface area contributed by atoms with Crippen molar-refractivity contribution in [2.75, 3.05) is 26.2 Å². The van der Waals surface area contributed by atoms with Crippen LogP contribution in [0.25, 0.3) is 0 Å². The van der Waals surface area contributed by atoms with E-state index in [0.29, 0.717) is 6.61 Å². The molecule has 1 unspecified atom stereocenters. The minimum atomic E-state index is 0.207.